The highest BCUT2D eigenvalue weighted by Gasteiger charge is 2.17. The first-order valence-corrected chi connectivity index (χ1v) is 8.96. The van der Waals surface area contributed by atoms with E-state index in [0.717, 1.165) is 29.9 Å². The number of rotatable bonds is 8. The quantitative estimate of drug-likeness (QED) is 0.439. The van der Waals surface area contributed by atoms with E-state index in [-0.39, 0.29) is 23.4 Å². The van der Waals surface area contributed by atoms with Crippen LogP contribution in [0.15, 0.2) is 11.6 Å². The lowest BCUT2D eigenvalue weighted by Crippen LogP contribution is -2.38. The fourth-order valence-electron chi connectivity index (χ4n) is 2.51. The first-order chi connectivity index (χ1) is 12.2. The molecule has 0 bridgehead atoms. The van der Waals surface area contributed by atoms with Crippen molar-refractivity contribution in [2.24, 2.45) is 5.92 Å². The number of carbonyl (C=O) groups is 2. The van der Waals surface area contributed by atoms with Crippen LogP contribution < -0.4 is 5.32 Å². The maximum Gasteiger partial charge on any atom is 0.349 e. The zero-order valence-electron chi connectivity index (χ0n) is 16.5. The van der Waals surface area contributed by atoms with Gasteiger partial charge in [0.2, 0.25) is 0 Å². The highest BCUT2D eigenvalue weighted by Crippen LogP contribution is 2.19. The van der Waals surface area contributed by atoms with Gasteiger partial charge in [-0.2, -0.15) is 5.26 Å². The third-order valence-corrected chi connectivity index (χ3v) is 4.42. The average molecular weight is 359 g/mol. The summed E-state index contributed by atoms with van der Waals surface area (Å²) in [7, 11) is 0. The first kappa shape index (κ1) is 21.5. The second-order valence-electron chi connectivity index (χ2n) is 6.82. The number of nitrogens with one attached hydrogen (secondary N) is 1. The predicted molar refractivity (Wildman–Crippen MR) is 101 cm³/mol. The molecule has 0 fully saturated rings. The number of amides is 1. The number of carbonyl (C=O) groups excluding carboxylic acids is 2. The SMILES string of the molecule is CCCn1c(C)cc(/C=C(\C#N)C(=O)OCC(=O)N[C@@H](C)C(C)C)c1C. The Morgan fingerprint density at radius 2 is 2.00 bits per heavy atom. The molecule has 1 amide bonds. The molecule has 6 heteroatoms. The van der Waals surface area contributed by atoms with Gasteiger partial charge >= 0.3 is 5.97 Å². The first-order valence-electron chi connectivity index (χ1n) is 8.96. The van der Waals surface area contributed by atoms with E-state index in [1.54, 1.807) is 0 Å². The van der Waals surface area contributed by atoms with Crippen LogP contribution in [-0.4, -0.2) is 29.1 Å². The van der Waals surface area contributed by atoms with Crippen LogP contribution in [-0.2, 0) is 20.9 Å². The Morgan fingerprint density at radius 1 is 1.35 bits per heavy atom. The van der Waals surface area contributed by atoms with Gasteiger partial charge in [0.1, 0.15) is 11.6 Å². The Bertz CT molecular complexity index is 723. The molecule has 0 spiro atoms. The van der Waals surface area contributed by atoms with Crippen molar-refractivity contribution in [1.29, 1.82) is 5.26 Å². The number of esters is 1. The van der Waals surface area contributed by atoms with Gasteiger partial charge in [-0.3, -0.25) is 4.79 Å². The van der Waals surface area contributed by atoms with Crippen LogP contribution in [0.2, 0.25) is 0 Å². The van der Waals surface area contributed by atoms with Gasteiger partial charge in [0, 0.05) is 24.0 Å². The Labute approximate surface area is 155 Å². The minimum atomic E-state index is -0.792. The Kier molecular flexibility index (Phi) is 8.11. The molecule has 1 atom stereocenters. The highest BCUT2D eigenvalue weighted by atomic mass is 16.5. The molecule has 1 aromatic heterocycles. The molecule has 0 saturated heterocycles. The molecule has 0 unspecified atom stereocenters. The zero-order valence-corrected chi connectivity index (χ0v) is 16.5. The predicted octanol–water partition coefficient (Wildman–Crippen LogP) is 3.13. The van der Waals surface area contributed by atoms with Gasteiger partial charge in [-0.1, -0.05) is 20.8 Å². The van der Waals surface area contributed by atoms with Crippen LogP contribution in [0.5, 0.6) is 0 Å². The fourth-order valence-corrected chi connectivity index (χ4v) is 2.51. The van der Waals surface area contributed by atoms with Gasteiger partial charge in [0.05, 0.1) is 0 Å². The summed E-state index contributed by atoms with van der Waals surface area (Å²) in [5.74, 6) is -0.888. The van der Waals surface area contributed by atoms with E-state index in [1.807, 2.05) is 46.8 Å². The van der Waals surface area contributed by atoms with E-state index < -0.39 is 12.6 Å². The summed E-state index contributed by atoms with van der Waals surface area (Å²) >= 11 is 0. The standard InChI is InChI=1S/C20H29N3O3/c1-7-8-23-14(4)9-17(16(23)6)10-18(11-21)20(25)26-12-19(24)22-15(5)13(2)3/h9-10,13,15H,7-8,12H2,1-6H3,(H,22,24)/b18-10+/t15-/m0/s1. The van der Waals surface area contributed by atoms with Crippen molar-refractivity contribution in [3.63, 3.8) is 0 Å². The van der Waals surface area contributed by atoms with Crippen molar-refractivity contribution < 1.29 is 14.3 Å². The zero-order chi connectivity index (χ0) is 19.9. The van der Waals surface area contributed by atoms with Crippen LogP contribution in [0.3, 0.4) is 0 Å². The molecule has 0 aromatic carbocycles. The van der Waals surface area contributed by atoms with Gasteiger partial charge in [-0.05, 0) is 50.8 Å². The minimum Gasteiger partial charge on any atom is -0.451 e. The van der Waals surface area contributed by atoms with E-state index in [0.29, 0.717) is 0 Å². The van der Waals surface area contributed by atoms with Crippen molar-refractivity contribution in [1.82, 2.24) is 9.88 Å². The average Bonchev–Trinajstić information content (AvgIpc) is 2.85. The molecule has 1 N–H and O–H groups in total. The molecule has 1 aromatic rings. The molecular weight excluding hydrogens is 330 g/mol. The summed E-state index contributed by atoms with van der Waals surface area (Å²) in [6.07, 6.45) is 2.52. The topological polar surface area (TPSA) is 84.1 Å². The molecule has 0 aliphatic heterocycles. The van der Waals surface area contributed by atoms with Gasteiger partial charge < -0.3 is 14.6 Å². The number of aromatic nitrogens is 1. The summed E-state index contributed by atoms with van der Waals surface area (Å²) in [5, 5.41) is 12.0. The minimum absolute atomic E-state index is 0.0175. The molecule has 0 aliphatic carbocycles. The van der Waals surface area contributed by atoms with Crippen LogP contribution >= 0.6 is 0 Å². The van der Waals surface area contributed by atoms with Crippen LogP contribution in [0.4, 0.5) is 0 Å². The number of aryl methyl sites for hydroxylation is 1. The third-order valence-electron chi connectivity index (χ3n) is 4.42. The second-order valence-corrected chi connectivity index (χ2v) is 6.82. The van der Waals surface area contributed by atoms with Gasteiger partial charge in [0.25, 0.3) is 5.91 Å². The molecule has 0 saturated carbocycles. The van der Waals surface area contributed by atoms with E-state index in [9.17, 15) is 14.9 Å². The van der Waals surface area contributed by atoms with Gasteiger partial charge in [-0.15, -0.1) is 0 Å². The number of nitriles is 1. The number of nitrogens with zero attached hydrogens (tertiary/aromatic N) is 2. The molecule has 1 rings (SSSR count). The summed E-state index contributed by atoms with van der Waals surface area (Å²) in [6.45, 7) is 12.4. The van der Waals surface area contributed by atoms with E-state index >= 15 is 0 Å². The van der Waals surface area contributed by atoms with Crippen LogP contribution in [0.25, 0.3) is 6.08 Å². The summed E-state index contributed by atoms with van der Waals surface area (Å²) in [4.78, 5) is 23.9. The van der Waals surface area contributed by atoms with Crippen molar-refractivity contribution in [3.8, 4) is 6.07 Å². The third kappa shape index (κ3) is 5.76. The summed E-state index contributed by atoms with van der Waals surface area (Å²) < 4.78 is 7.13. The Morgan fingerprint density at radius 3 is 2.54 bits per heavy atom. The lowest BCUT2D eigenvalue weighted by Gasteiger charge is -2.17. The molecule has 6 nitrogen and oxygen atoms in total. The van der Waals surface area contributed by atoms with Crippen LogP contribution in [0, 0.1) is 31.1 Å². The van der Waals surface area contributed by atoms with Crippen molar-refractivity contribution in [2.75, 3.05) is 6.61 Å². The molecule has 142 valence electrons. The normalized spacial score (nSPS) is 12.6. The fraction of sp³-hybridized carbons (Fsp3) is 0.550. The maximum absolute atomic E-state index is 12.1. The Balaban J connectivity index is 2.81. The largest absolute Gasteiger partial charge is 0.451 e. The van der Waals surface area contributed by atoms with Crippen LogP contribution in [0.1, 0.15) is 51.1 Å². The van der Waals surface area contributed by atoms with Crippen molar-refractivity contribution in [3.05, 3.63) is 28.6 Å². The lowest BCUT2D eigenvalue weighted by atomic mass is 10.1. The van der Waals surface area contributed by atoms with E-state index in [2.05, 4.69) is 16.8 Å². The smallest absolute Gasteiger partial charge is 0.349 e. The highest BCUT2D eigenvalue weighted by molar-refractivity contribution is 5.99. The molecule has 26 heavy (non-hydrogen) atoms. The monoisotopic (exact) mass is 359 g/mol. The van der Waals surface area contributed by atoms with Crippen molar-refractivity contribution >= 4 is 18.0 Å². The Hall–Kier alpha value is -2.55. The molecular formula is C20H29N3O3. The van der Waals surface area contributed by atoms with Gasteiger partial charge in [-0.25, -0.2) is 4.79 Å². The molecule has 0 aliphatic rings. The number of hydrogen-bond donors (Lipinski definition) is 1. The number of ether oxygens (including phenoxy) is 1. The second kappa shape index (κ2) is 9.81. The van der Waals surface area contributed by atoms with E-state index in [1.165, 1.54) is 6.08 Å². The van der Waals surface area contributed by atoms with Gasteiger partial charge in [0.15, 0.2) is 6.61 Å². The van der Waals surface area contributed by atoms with Crippen molar-refractivity contribution in [2.45, 2.75) is 60.5 Å². The molecule has 0 radical (unpaired) electrons. The summed E-state index contributed by atoms with van der Waals surface area (Å²) in [5.41, 5.74) is 2.76. The maximum atomic E-state index is 12.1. The number of hydrogen-bond acceptors (Lipinski definition) is 4. The molecule has 1 heterocycles. The van der Waals surface area contributed by atoms with E-state index in [4.69, 9.17) is 4.74 Å². The lowest BCUT2D eigenvalue weighted by molar-refractivity contribution is -0.144. The summed E-state index contributed by atoms with van der Waals surface area (Å²) in [6, 6.07) is 3.79.